The molecule has 0 saturated carbocycles. The van der Waals surface area contributed by atoms with E-state index in [2.05, 4.69) is 9.97 Å². The highest BCUT2D eigenvalue weighted by atomic mass is 35.5. The Hall–Kier alpha value is -3.80. The zero-order valence-electron chi connectivity index (χ0n) is 17.7. The lowest BCUT2D eigenvalue weighted by atomic mass is 10.0. The molecular formula is C24H10Cl2N4O4S2-2. The molecule has 0 fully saturated rings. The van der Waals surface area contributed by atoms with Crippen LogP contribution in [0.25, 0.3) is 22.3 Å². The zero-order valence-corrected chi connectivity index (χ0v) is 20.9. The summed E-state index contributed by atoms with van der Waals surface area (Å²) in [6.45, 7) is 0. The van der Waals surface area contributed by atoms with Crippen LogP contribution in [0.5, 0.6) is 11.8 Å². The molecule has 12 heteroatoms. The Labute approximate surface area is 221 Å². The number of aromatic nitrogens is 2. The Kier molecular flexibility index (Phi) is 7.34. The minimum absolute atomic E-state index is 0.0235. The molecule has 0 unspecified atom stereocenters. The van der Waals surface area contributed by atoms with Crippen molar-refractivity contribution < 1.29 is 10.2 Å². The van der Waals surface area contributed by atoms with Crippen LogP contribution in [0.3, 0.4) is 0 Å². The van der Waals surface area contributed by atoms with Gasteiger partial charge in [-0.05, 0) is 68.7 Å². The van der Waals surface area contributed by atoms with E-state index >= 15 is 0 Å². The van der Waals surface area contributed by atoms with Crippen LogP contribution in [0.1, 0.15) is 11.1 Å². The molecule has 0 atom stereocenters. The maximum Gasteiger partial charge on any atom is 0.262 e. The van der Waals surface area contributed by atoms with Crippen LogP contribution < -0.4 is 21.3 Å². The molecule has 4 rings (SSSR count). The summed E-state index contributed by atoms with van der Waals surface area (Å²) in [7, 11) is 1.62. The second-order valence-electron chi connectivity index (χ2n) is 7.13. The highest BCUT2D eigenvalue weighted by Gasteiger charge is 2.21. The van der Waals surface area contributed by atoms with Crippen molar-refractivity contribution in [1.82, 2.24) is 9.97 Å². The Balaban J connectivity index is 1.90. The first-order valence-corrected chi connectivity index (χ1v) is 12.8. The number of H-pyrrole nitrogens is 2. The van der Waals surface area contributed by atoms with Crippen molar-refractivity contribution in [1.29, 1.82) is 10.5 Å². The highest BCUT2D eigenvalue weighted by Crippen LogP contribution is 2.45. The Morgan fingerprint density at radius 1 is 0.667 bits per heavy atom. The molecule has 36 heavy (non-hydrogen) atoms. The van der Waals surface area contributed by atoms with Crippen molar-refractivity contribution in [2.45, 2.75) is 9.79 Å². The number of hydrogen-bond acceptors (Lipinski definition) is 8. The molecule has 2 aromatic heterocycles. The molecule has 8 nitrogen and oxygen atoms in total. The lowest BCUT2D eigenvalue weighted by Gasteiger charge is -2.18. The standard InChI is InChI=1S/C24H12Cl2N4O4S2/c25-13-5-1-11(2-6-13)17-15(9-27)21(31)29-23(33)19(17)35-36-20-18(12-3-7-14(26)8-4-12)16(10-28)22(32)30-24(20)34/h1-8H,(H2,29,31,33)(H2,30,32,34)/p-2. The van der Waals surface area contributed by atoms with Gasteiger partial charge in [0, 0.05) is 21.2 Å². The van der Waals surface area contributed by atoms with E-state index in [-0.39, 0.29) is 32.0 Å². The number of nitrogens with zero attached hydrogens (tertiary/aromatic N) is 2. The van der Waals surface area contributed by atoms with Gasteiger partial charge in [-0.3, -0.25) is 9.59 Å². The number of nitriles is 2. The lowest BCUT2D eigenvalue weighted by molar-refractivity contribution is -0.276. The predicted octanol–water partition coefficient (Wildman–Crippen LogP) is 4.39. The smallest absolute Gasteiger partial charge is 0.262 e. The number of nitrogens with one attached hydrogen (secondary N) is 2. The normalized spacial score (nSPS) is 10.6. The average Bonchev–Trinajstić information content (AvgIpc) is 2.85. The van der Waals surface area contributed by atoms with E-state index in [1.165, 1.54) is 0 Å². The lowest BCUT2D eigenvalue weighted by Crippen LogP contribution is -2.16. The van der Waals surface area contributed by atoms with Crippen LogP contribution in [0, 0.1) is 22.7 Å². The summed E-state index contributed by atoms with van der Waals surface area (Å²) in [6.07, 6.45) is 0. The number of hydrogen-bond donors (Lipinski definition) is 2. The second kappa shape index (κ2) is 10.4. The zero-order chi connectivity index (χ0) is 26.0. The highest BCUT2D eigenvalue weighted by molar-refractivity contribution is 8.76. The van der Waals surface area contributed by atoms with Gasteiger partial charge in [-0.1, -0.05) is 47.5 Å². The third kappa shape index (κ3) is 4.81. The molecule has 0 amide bonds. The summed E-state index contributed by atoms with van der Waals surface area (Å²) in [5, 5.41) is 44.8. The number of rotatable bonds is 5. The number of aromatic amines is 2. The van der Waals surface area contributed by atoms with Gasteiger partial charge in [-0.15, -0.1) is 0 Å². The molecule has 0 aliphatic rings. The van der Waals surface area contributed by atoms with Crippen LogP contribution >= 0.6 is 44.8 Å². The second-order valence-corrected chi connectivity index (χ2v) is 10.2. The van der Waals surface area contributed by atoms with Crippen LogP contribution in [-0.4, -0.2) is 9.97 Å². The molecule has 2 heterocycles. The first-order valence-electron chi connectivity index (χ1n) is 9.86. The van der Waals surface area contributed by atoms with Gasteiger partial charge in [-0.25, -0.2) is 0 Å². The summed E-state index contributed by atoms with van der Waals surface area (Å²) in [5.41, 5.74) is -1.20. The molecule has 0 radical (unpaired) electrons. The maximum absolute atomic E-state index is 12.8. The third-order valence-corrected chi connectivity index (χ3v) is 7.92. The minimum Gasteiger partial charge on any atom is -0.859 e. The van der Waals surface area contributed by atoms with Crippen LogP contribution in [-0.2, 0) is 0 Å². The summed E-state index contributed by atoms with van der Waals surface area (Å²) in [5.74, 6) is -1.71. The Morgan fingerprint density at radius 3 is 1.31 bits per heavy atom. The minimum atomic E-state index is -0.857. The Morgan fingerprint density at radius 2 is 1.00 bits per heavy atom. The topological polar surface area (TPSA) is 159 Å². The van der Waals surface area contributed by atoms with Gasteiger partial charge < -0.3 is 20.2 Å². The summed E-state index contributed by atoms with van der Waals surface area (Å²) >= 11 is 11.9. The summed E-state index contributed by atoms with van der Waals surface area (Å²) in [6, 6.07) is 16.0. The molecule has 0 saturated heterocycles. The fourth-order valence-corrected chi connectivity index (χ4v) is 6.10. The van der Waals surface area contributed by atoms with Crippen molar-refractivity contribution in [3.05, 3.63) is 90.4 Å². The van der Waals surface area contributed by atoms with Gasteiger partial charge in [0.25, 0.3) is 11.1 Å². The van der Waals surface area contributed by atoms with E-state index < -0.39 is 22.9 Å². The summed E-state index contributed by atoms with van der Waals surface area (Å²) in [4.78, 5) is 29.8. The van der Waals surface area contributed by atoms with Crippen molar-refractivity contribution >= 4 is 44.8 Å². The van der Waals surface area contributed by atoms with Crippen molar-refractivity contribution in [2.75, 3.05) is 0 Å². The Bertz CT molecular complexity index is 1560. The molecule has 0 aliphatic heterocycles. The van der Waals surface area contributed by atoms with Gasteiger partial charge >= 0.3 is 0 Å². The van der Waals surface area contributed by atoms with Crippen molar-refractivity contribution in [2.24, 2.45) is 0 Å². The quantitative estimate of drug-likeness (QED) is 0.344. The molecule has 4 aromatic rings. The third-order valence-electron chi connectivity index (χ3n) is 4.97. The number of benzene rings is 2. The molecule has 2 aromatic carbocycles. The van der Waals surface area contributed by atoms with E-state index in [1.54, 1.807) is 48.5 Å². The molecule has 0 bridgehead atoms. The van der Waals surface area contributed by atoms with Crippen molar-refractivity contribution in [3.63, 3.8) is 0 Å². The van der Waals surface area contributed by atoms with Crippen molar-refractivity contribution in [3.8, 4) is 46.2 Å². The van der Waals surface area contributed by atoms with E-state index in [4.69, 9.17) is 23.2 Å². The van der Waals surface area contributed by atoms with Gasteiger partial charge in [0.2, 0.25) is 0 Å². The molecule has 0 spiro atoms. The molecule has 2 N–H and O–H groups in total. The number of pyridine rings is 2. The SMILES string of the molecule is N#Cc1c([O-])[nH]c(=O)c(SSc2c(-c3ccc(Cl)cc3)c(C#N)c([O-])[nH]c2=O)c1-c1ccc(Cl)cc1. The fourth-order valence-electron chi connectivity index (χ4n) is 3.37. The average molecular weight is 553 g/mol. The number of halogens is 2. The maximum atomic E-state index is 12.8. The van der Waals surface area contributed by atoms with Crippen LogP contribution in [0.2, 0.25) is 10.0 Å². The molecule has 0 aliphatic carbocycles. The van der Waals surface area contributed by atoms with Gasteiger partial charge in [0.1, 0.15) is 12.1 Å². The predicted molar refractivity (Wildman–Crippen MR) is 135 cm³/mol. The monoisotopic (exact) mass is 552 g/mol. The molecular weight excluding hydrogens is 543 g/mol. The van der Waals surface area contributed by atoms with E-state index in [1.807, 2.05) is 12.1 Å². The van der Waals surface area contributed by atoms with Gasteiger partial charge in [0.05, 0.1) is 20.9 Å². The van der Waals surface area contributed by atoms with Gasteiger partial charge in [0.15, 0.2) is 0 Å². The fraction of sp³-hybridized carbons (Fsp3) is 0. The van der Waals surface area contributed by atoms with Gasteiger partial charge in [-0.2, -0.15) is 10.5 Å². The first kappa shape index (κ1) is 25.3. The van der Waals surface area contributed by atoms with Crippen LogP contribution in [0.4, 0.5) is 0 Å². The first-order chi connectivity index (χ1) is 17.2. The molecule has 178 valence electrons. The van der Waals surface area contributed by atoms with E-state index in [0.29, 0.717) is 21.2 Å². The summed E-state index contributed by atoms with van der Waals surface area (Å²) < 4.78 is 0. The van der Waals surface area contributed by atoms with E-state index in [9.17, 15) is 30.3 Å². The van der Waals surface area contributed by atoms with Crippen LogP contribution in [0.15, 0.2) is 67.9 Å². The largest absolute Gasteiger partial charge is 0.859 e. The van der Waals surface area contributed by atoms with E-state index in [0.717, 1.165) is 21.6 Å².